The van der Waals surface area contributed by atoms with Crippen LogP contribution in [-0.2, 0) is 26.0 Å². The van der Waals surface area contributed by atoms with E-state index >= 15 is 0 Å². The van der Waals surface area contributed by atoms with Crippen molar-refractivity contribution in [3.63, 3.8) is 0 Å². The number of nitrogens with zero attached hydrogens (tertiary/aromatic N) is 1. The van der Waals surface area contributed by atoms with Crippen LogP contribution in [-0.4, -0.2) is 41.9 Å². The number of thiophene rings is 1. The molecule has 0 saturated carbocycles. The molecule has 2 N–H and O–H groups in total. The molecular weight excluding hydrogens is 451 g/mol. The number of imide groups is 1. The van der Waals surface area contributed by atoms with Gasteiger partial charge in [-0.1, -0.05) is 12.1 Å². The Bertz CT molecular complexity index is 1080. The van der Waals surface area contributed by atoms with Gasteiger partial charge in [-0.2, -0.15) is 13.2 Å². The number of ether oxygens (including phenoxy) is 1. The summed E-state index contributed by atoms with van der Waals surface area (Å²) in [5.41, 5.74) is -2.70. The number of amides is 4. The number of carbonyl (C=O) groups is 4. The molecule has 1 saturated heterocycles. The summed E-state index contributed by atoms with van der Waals surface area (Å²) in [5.74, 6) is -2.29. The van der Waals surface area contributed by atoms with Crippen LogP contribution >= 0.6 is 11.3 Å². The van der Waals surface area contributed by atoms with Gasteiger partial charge < -0.3 is 15.4 Å². The van der Waals surface area contributed by atoms with Gasteiger partial charge in [0.15, 0.2) is 0 Å². The monoisotopic (exact) mass is 469 g/mol. The number of benzene rings is 1. The van der Waals surface area contributed by atoms with E-state index in [0.717, 1.165) is 29.5 Å². The topological polar surface area (TPSA) is 105 Å². The van der Waals surface area contributed by atoms with Gasteiger partial charge in [0.1, 0.15) is 17.1 Å². The molecule has 1 aliphatic heterocycles. The van der Waals surface area contributed by atoms with E-state index in [1.807, 2.05) is 0 Å². The number of rotatable bonds is 6. The Kier molecular flexibility index (Phi) is 6.26. The quantitative estimate of drug-likeness (QED) is 0.499. The van der Waals surface area contributed by atoms with Crippen molar-refractivity contribution in [3.8, 4) is 0 Å². The summed E-state index contributed by atoms with van der Waals surface area (Å²) in [6, 6.07) is 4.57. The van der Waals surface area contributed by atoms with Crippen LogP contribution in [0.3, 0.4) is 0 Å². The maximum Gasteiger partial charge on any atom is 0.416 e. The van der Waals surface area contributed by atoms with Crippen LogP contribution in [0.2, 0.25) is 0 Å². The number of halogens is 3. The normalized spacial score (nSPS) is 18.5. The van der Waals surface area contributed by atoms with E-state index in [1.54, 1.807) is 12.3 Å². The Morgan fingerprint density at radius 3 is 2.62 bits per heavy atom. The van der Waals surface area contributed by atoms with Crippen molar-refractivity contribution in [2.45, 2.75) is 25.6 Å². The lowest BCUT2D eigenvalue weighted by Gasteiger charge is -2.23. The molecule has 170 valence electrons. The first kappa shape index (κ1) is 23.3. The molecule has 0 bridgehead atoms. The summed E-state index contributed by atoms with van der Waals surface area (Å²) in [7, 11) is 0. The Labute approximate surface area is 184 Å². The number of anilines is 1. The summed E-state index contributed by atoms with van der Waals surface area (Å²) in [5, 5.41) is 6.54. The molecule has 12 heteroatoms. The Morgan fingerprint density at radius 1 is 1.25 bits per heavy atom. The number of urea groups is 1. The molecule has 3 rings (SSSR count). The van der Waals surface area contributed by atoms with Crippen LogP contribution in [0.25, 0.3) is 0 Å². The molecule has 8 nitrogen and oxygen atoms in total. The molecule has 32 heavy (non-hydrogen) atoms. The summed E-state index contributed by atoms with van der Waals surface area (Å²) in [4.78, 5) is 50.3. The van der Waals surface area contributed by atoms with Crippen molar-refractivity contribution in [3.05, 3.63) is 52.4 Å². The van der Waals surface area contributed by atoms with Gasteiger partial charge in [0.05, 0.1) is 17.7 Å². The Hall–Kier alpha value is -3.41. The van der Waals surface area contributed by atoms with Gasteiger partial charge in [-0.15, -0.1) is 11.3 Å². The summed E-state index contributed by atoms with van der Waals surface area (Å²) in [6.07, 6.45) is -4.63. The lowest BCUT2D eigenvalue weighted by Crippen LogP contribution is -2.42. The van der Waals surface area contributed by atoms with E-state index in [-0.39, 0.29) is 22.7 Å². The zero-order valence-electron chi connectivity index (χ0n) is 16.9. The highest BCUT2D eigenvalue weighted by Crippen LogP contribution is 2.34. The van der Waals surface area contributed by atoms with Gasteiger partial charge in [0.2, 0.25) is 5.91 Å². The molecule has 1 aromatic heterocycles. The van der Waals surface area contributed by atoms with E-state index in [9.17, 15) is 32.3 Å². The predicted octanol–water partition coefficient (Wildman–Crippen LogP) is 3.35. The summed E-state index contributed by atoms with van der Waals surface area (Å²) >= 11 is 1.05. The zero-order chi connectivity index (χ0) is 23.7. The van der Waals surface area contributed by atoms with Gasteiger partial charge >= 0.3 is 18.2 Å². The number of hydrogen-bond donors (Lipinski definition) is 2. The highest BCUT2D eigenvalue weighted by atomic mass is 32.1. The van der Waals surface area contributed by atoms with Crippen molar-refractivity contribution in [1.29, 1.82) is 0 Å². The van der Waals surface area contributed by atoms with Crippen molar-refractivity contribution in [1.82, 2.24) is 10.2 Å². The molecular formula is C20H18F3N3O5S. The largest absolute Gasteiger partial charge is 0.462 e. The van der Waals surface area contributed by atoms with Gasteiger partial charge in [-0.3, -0.25) is 14.5 Å². The highest BCUT2D eigenvalue weighted by Gasteiger charge is 2.50. The average molecular weight is 469 g/mol. The molecule has 1 atom stereocenters. The van der Waals surface area contributed by atoms with Crippen LogP contribution in [0.4, 0.5) is 23.0 Å². The predicted molar refractivity (Wildman–Crippen MR) is 108 cm³/mol. The molecule has 0 aliphatic carbocycles. The van der Waals surface area contributed by atoms with E-state index in [4.69, 9.17) is 4.74 Å². The number of nitrogens with one attached hydrogen (secondary N) is 2. The molecule has 1 aromatic carbocycles. The van der Waals surface area contributed by atoms with E-state index in [0.29, 0.717) is 4.90 Å². The number of hydrogen-bond acceptors (Lipinski definition) is 6. The Morgan fingerprint density at radius 2 is 1.97 bits per heavy atom. The Balaban J connectivity index is 1.77. The molecule has 1 aliphatic rings. The summed E-state index contributed by atoms with van der Waals surface area (Å²) in [6.45, 7) is 2.33. The second kappa shape index (κ2) is 8.61. The molecule has 0 radical (unpaired) electrons. The van der Waals surface area contributed by atoms with Crippen LogP contribution in [0, 0.1) is 0 Å². The number of esters is 1. The maximum atomic E-state index is 13.1. The molecule has 4 amide bonds. The van der Waals surface area contributed by atoms with Gasteiger partial charge in [0.25, 0.3) is 5.91 Å². The minimum atomic E-state index is -4.63. The van der Waals surface area contributed by atoms with Crippen molar-refractivity contribution < 1.29 is 37.1 Å². The van der Waals surface area contributed by atoms with E-state index in [2.05, 4.69) is 10.6 Å². The molecule has 0 spiro atoms. The maximum absolute atomic E-state index is 13.1. The van der Waals surface area contributed by atoms with Crippen LogP contribution in [0.1, 0.15) is 35.3 Å². The first-order chi connectivity index (χ1) is 15.0. The zero-order valence-corrected chi connectivity index (χ0v) is 17.7. The fourth-order valence-corrected chi connectivity index (χ4v) is 3.92. The lowest BCUT2D eigenvalue weighted by molar-refractivity contribution is -0.138. The minimum absolute atomic E-state index is 0.0727. The third kappa shape index (κ3) is 4.44. The minimum Gasteiger partial charge on any atom is -0.462 e. The van der Waals surface area contributed by atoms with Crippen molar-refractivity contribution >= 4 is 40.2 Å². The third-order valence-electron chi connectivity index (χ3n) is 4.76. The van der Waals surface area contributed by atoms with Crippen LogP contribution < -0.4 is 10.6 Å². The van der Waals surface area contributed by atoms with E-state index in [1.165, 1.54) is 19.1 Å². The molecule has 2 aromatic rings. The fraction of sp³-hybridized carbons (Fsp3) is 0.300. The average Bonchev–Trinajstić information content (AvgIpc) is 3.26. The standard InChI is InChI=1S/C20H18F3N3O5S/c1-3-31-16(28)13-7-8-32-15(13)24-14(27)10-26-17(29)19(2,25-18(26)30)11-5-4-6-12(9-11)20(21,22)23/h4-9H,3,10H2,1-2H3,(H,24,27)(H,25,30). The van der Waals surface area contributed by atoms with Gasteiger partial charge in [0, 0.05) is 0 Å². The molecule has 2 heterocycles. The second-order valence-electron chi connectivity index (χ2n) is 6.96. The van der Waals surface area contributed by atoms with Gasteiger partial charge in [-0.05, 0) is 43.0 Å². The van der Waals surface area contributed by atoms with Crippen LogP contribution in [0.5, 0.6) is 0 Å². The first-order valence-electron chi connectivity index (χ1n) is 9.33. The third-order valence-corrected chi connectivity index (χ3v) is 5.59. The molecule has 1 unspecified atom stereocenters. The van der Waals surface area contributed by atoms with Crippen molar-refractivity contribution in [2.75, 3.05) is 18.5 Å². The number of carbonyl (C=O) groups excluding carboxylic acids is 4. The smallest absolute Gasteiger partial charge is 0.416 e. The number of alkyl halides is 3. The summed E-state index contributed by atoms with van der Waals surface area (Å²) < 4.78 is 44.1. The second-order valence-corrected chi connectivity index (χ2v) is 7.87. The highest BCUT2D eigenvalue weighted by molar-refractivity contribution is 7.14. The van der Waals surface area contributed by atoms with Crippen LogP contribution in [0.15, 0.2) is 35.7 Å². The fourth-order valence-electron chi connectivity index (χ4n) is 3.13. The first-order valence-corrected chi connectivity index (χ1v) is 10.2. The SMILES string of the molecule is CCOC(=O)c1ccsc1NC(=O)CN1C(=O)NC(C)(c2cccc(C(F)(F)F)c2)C1=O. The van der Waals surface area contributed by atoms with Gasteiger partial charge in [-0.25, -0.2) is 9.59 Å². The lowest BCUT2D eigenvalue weighted by atomic mass is 9.90. The molecule has 1 fully saturated rings. The van der Waals surface area contributed by atoms with Crippen molar-refractivity contribution in [2.24, 2.45) is 0 Å². The van der Waals surface area contributed by atoms with E-state index < -0.39 is 47.6 Å².